The van der Waals surface area contributed by atoms with Crippen molar-refractivity contribution in [2.75, 3.05) is 13.6 Å². The Hall–Kier alpha value is -1.77. The monoisotopic (exact) mass is 271 g/mol. The second-order valence-electron chi connectivity index (χ2n) is 5.71. The average molecular weight is 271 g/mol. The normalized spacial score (nSPS) is 22.4. The maximum atomic E-state index is 12.1. The van der Waals surface area contributed by atoms with Crippen molar-refractivity contribution in [3.63, 3.8) is 0 Å². The SMILES string of the molecule is CN1CCCC2=C1CCC(OC(=O)c1ccccc1)C2. The van der Waals surface area contributed by atoms with Gasteiger partial charge >= 0.3 is 5.97 Å². The molecule has 0 amide bonds. The number of rotatable bonds is 2. The van der Waals surface area contributed by atoms with E-state index >= 15 is 0 Å². The molecule has 1 atom stereocenters. The minimum atomic E-state index is -0.191. The molecule has 0 saturated heterocycles. The maximum Gasteiger partial charge on any atom is 0.338 e. The van der Waals surface area contributed by atoms with Crippen LogP contribution in [0.1, 0.15) is 42.5 Å². The third-order valence-corrected chi connectivity index (χ3v) is 4.30. The minimum absolute atomic E-state index is 0.0490. The van der Waals surface area contributed by atoms with Gasteiger partial charge in [0.15, 0.2) is 0 Å². The molecule has 0 spiro atoms. The van der Waals surface area contributed by atoms with Gasteiger partial charge in [-0.05, 0) is 43.4 Å². The Morgan fingerprint density at radius 1 is 1.25 bits per heavy atom. The molecule has 1 aliphatic heterocycles. The molecule has 0 radical (unpaired) electrons. The molecule has 0 fully saturated rings. The van der Waals surface area contributed by atoms with Crippen LogP contribution in [0, 0.1) is 0 Å². The number of ether oxygens (including phenoxy) is 1. The Morgan fingerprint density at radius 2 is 2.05 bits per heavy atom. The topological polar surface area (TPSA) is 29.5 Å². The maximum absolute atomic E-state index is 12.1. The molecule has 0 N–H and O–H groups in total. The molecular formula is C17H21NO2. The summed E-state index contributed by atoms with van der Waals surface area (Å²) in [6, 6.07) is 9.27. The highest BCUT2D eigenvalue weighted by Gasteiger charge is 2.27. The number of esters is 1. The number of nitrogens with zero attached hydrogens (tertiary/aromatic N) is 1. The number of carbonyl (C=O) groups is 1. The molecule has 1 aromatic rings. The second kappa shape index (κ2) is 5.70. The molecule has 1 heterocycles. The van der Waals surface area contributed by atoms with Crippen molar-refractivity contribution < 1.29 is 9.53 Å². The van der Waals surface area contributed by atoms with E-state index in [4.69, 9.17) is 4.74 Å². The molecule has 2 aliphatic rings. The lowest BCUT2D eigenvalue weighted by atomic mass is 9.88. The molecule has 0 aromatic heterocycles. The fraction of sp³-hybridized carbons (Fsp3) is 0.471. The second-order valence-corrected chi connectivity index (χ2v) is 5.71. The van der Waals surface area contributed by atoms with Crippen molar-refractivity contribution in [1.82, 2.24) is 4.90 Å². The quantitative estimate of drug-likeness (QED) is 0.772. The molecule has 0 saturated carbocycles. The Bertz CT molecular complexity index is 521. The highest BCUT2D eigenvalue weighted by Crippen LogP contribution is 2.34. The zero-order chi connectivity index (χ0) is 13.9. The first-order valence-corrected chi connectivity index (χ1v) is 7.42. The highest BCUT2D eigenvalue weighted by molar-refractivity contribution is 5.89. The van der Waals surface area contributed by atoms with E-state index < -0.39 is 0 Å². The Balaban J connectivity index is 1.65. The molecule has 1 aliphatic carbocycles. The molecule has 0 bridgehead atoms. The van der Waals surface area contributed by atoms with Crippen LogP contribution in [0.2, 0.25) is 0 Å². The van der Waals surface area contributed by atoms with E-state index in [0.29, 0.717) is 5.56 Å². The van der Waals surface area contributed by atoms with Gasteiger partial charge in [-0.1, -0.05) is 18.2 Å². The van der Waals surface area contributed by atoms with Gasteiger partial charge in [-0.3, -0.25) is 0 Å². The first-order valence-electron chi connectivity index (χ1n) is 7.42. The van der Waals surface area contributed by atoms with E-state index in [2.05, 4.69) is 11.9 Å². The van der Waals surface area contributed by atoms with Crippen LogP contribution in [-0.2, 0) is 4.74 Å². The van der Waals surface area contributed by atoms with E-state index in [-0.39, 0.29) is 12.1 Å². The Morgan fingerprint density at radius 3 is 2.85 bits per heavy atom. The molecule has 1 unspecified atom stereocenters. The molecule has 20 heavy (non-hydrogen) atoms. The predicted molar refractivity (Wildman–Crippen MR) is 78.4 cm³/mol. The van der Waals surface area contributed by atoms with Crippen LogP contribution in [-0.4, -0.2) is 30.6 Å². The van der Waals surface area contributed by atoms with Crippen LogP contribution < -0.4 is 0 Å². The van der Waals surface area contributed by atoms with Crippen molar-refractivity contribution >= 4 is 5.97 Å². The Kier molecular flexibility index (Phi) is 3.77. The first-order chi connectivity index (χ1) is 9.74. The van der Waals surface area contributed by atoms with Gasteiger partial charge in [0.05, 0.1) is 5.56 Å². The zero-order valence-electron chi connectivity index (χ0n) is 12.0. The molecule has 1 aromatic carbocycles. The van der Waals surface area contributed by atoms with E-state index in [9.17, 15) is 4.79 Å². The third-order valence-electron chi connectivity index (χ3n) is 4.30. The van der Waals surface area contributed by atoms with Gasteiger partial charge in [0, 0.05) is 25.7 Å². The molecule has 3 nitrogen and oxygen atoms in total. The van der Waals surface area contributed by atoms with Crippen molar-refractivity contribution in [1.29, 1.82) is 0 Å². The van der Waals surface area contributed by atoms with Crippen LogP contribution in [0.3, 0.4) is 0 Å². The van der Waals surface area contributed by atoms with Crippen LogP contribution in [0.4, 0.5) is 0 Å². The number of benzene rings is 1. The summed E-state index contributed by atoms with van der Waals surface area (Å²) in [5.41, 5.74) is 3.63. The summed E-state index contributed by atoms with van der Waals surface area (Å²) in [7, 11) is 2.17. The summed E-state index contributed by atoms with van der Waals surface area (Å²) < 4.78 is 5.67. The number of carbonyl (C=O) groups excluding carboxylic acids is 1. The number of hydrogen-bond donors (Lipinski definition) is 0. The van der Waals surface area contributed by atoms with Gasteiger partial charge < -0.3 is 9.64 Å². The first kappa shape index (κ1) is 13.2. The summed E-state index contributed by atoms with van der Waals surface area (Å²) in [6.07, 6.45) is 5.33. The number of hydrogen-bond acceptors (Lipinski definition) is 3. The van der Waals surface area contributed by atoms with Crippen LogP contribution in [0.15, 0.2) is 41.6 Å². The summed E-state index contributed by atoms with van der Waals surface area (Å²) in [5, 5.41) is 0. The smallest absolute Gasteiger partial charge is 0.338 e. The minimum Gasteiger partial charge on any atom is -0.458 e. The molecule has 106 valence electrons. The number of allylic oxidation sites excluding steroid dienone is 1. The standard InChI is InChI=1S/C17H21NO2/c1-18-11-5-8-14-12-15(9-10-16(14)18)20-17(19)13-6-3-2-4-7-13/h2-4,6-7,15H,5,8-12H2,1H3. The van der Waals surface area contributed by atoms with Gasteiger partial charge in [-0.25, -0.2) is 4.79 Å². The van der Waals surface area contributed by atoms with Gasteiger partial charge in [0.25, 0.3) is 0 Å². The summed E-state index contributed by atoms with van der Waals surface area (Å²) in [5.74, 6) is -0.191. The van der Waals surface area contributed by atoms with Gasteiger partial charge in [0.2, 0.25) is 0 Å². The fourth-order valence-electron chi connectivity index (χ4n) is 3.24. The van der Waals surface area contributed by atoms with E-state index in [1.54, 1.807) is 0 Å². The van der Waals surface area contributed by atoms with Gasteiger partial charge in [0.1, 0.15) is 6.10 Å². The molecule has 3 rings (SSSR count). The van der Waals surface area contributed by atoms with Crippen molar-refractivity contribution in [3.05, 3.63) is 47.2 Å². The molecular weight excluding hydrogens is 250 g/mol. The van der Waals surface area contributed by atoms with Crippen LogP contribution in [0.25, 0.3) is 0 Å². The van der Waals surface area contributed by atoms with Crippen LogP contribution >= 0.6 is 0 Å². The molecule has 3 heteroatoms. The van der Waals surface area contributed by atoms with Gasteiger partial charge in [-0.2, -0.15) is 0 Å². The van der Waals surface area contributed by atoms with Crippen molar-refractivity contribution in [3.8, 4) is 0 Å². The average Bonchev–Trinajstić information content (AvgIpc) is 2.48. The predicted octanol–water partition coefficient (Wildman–Crippen LogP) is 3.38. The third kappa shape index (κ3) is 2.72. The zero-order valence-corrected chi connectivity index (χ0v) is 12.0. The highest BCUT2D eigenvalue weighted by atomic mass is 16.5. The summed E-state index contributed by atoms with van der Waals surface area (Å²) >= 11 is 0. The summed E-state index contributed by atoms with van der Waals surface area (Å²) in [6.45, 7) is 1.16. The van der Waals surface area contributed by atoms with E-state index in [0.717, 1.165) is 25.8 Å². The van der Waals surface area contributed by atoms with E-state index in [1.165, 1.54) is 24.1 Å². The largest absolute Gasteiger partial charge is 0.458 e. The van der Waals surface area contributed by atoms with Crippen molar-refractivity contribution in [2.45, 2.75) is 38.2 Å². The lowest BCUT2D eigenvalue weighted by Crippen LogP contribution is -2.31. The fourth-order valence-corrected chi connectivity index (χ4v) is 3.24. The Labute approximate surface area is 120 Å². The lowest BCUT2D eigenvalue weighted by Gasteiger charge is -2.36. The van der Waals surface area contributed by atoms with E-state index in [1.807, 2.05) is 30.3 Å². The summed E-state index contributed by atoms with van der Waals surface area (Å²) in [4.78, 5) is 14.5. The lowest BCUT2D eigenvalue weighted by molar-refractivity contribution is 0.0255. The van der Waals surface area contributed by atoms with Gasteiger partial charge in [-0.15, -0.1) is 0 Å². The van der Waals surface area contributed by atoms with Crippen LogP contribution in [0.5, 0.6) is 0 Å². The van der Waals surface area contributed by atoms with Crippen molar-refractivity contribution in [2.24, 2.45) is 0 Å².